The number of hydrogen-bond acceptors (Lipinski definition) is 2. The van der Waals surface area contributed by atoms with Crippen molar-refractivity contribution in [3.63, 3.8) is 0 Å². The minimum absolute atomic E-state index is 0.117. The summed E-state index contributed by atoms with van der Waals surface area (Å²) in [5.41, 5.74) is 7.14. The molecule has 14 heavy (non-hydrogen) atoms. The van der Waals surface area contributed by atoms with Crippen molar-refractivity contribution in [2.45, 2.75) is 52.1 Å². The summed E-state index contributed by atoms with van der Waals surface area (Å²) in [4.78, 5) is 2.56. The summed E-state index contributed by atoms with van der Waals surface area (Å²) in [6.45, 7) is 11.5. The molecule has 2 heteroatoms. The van der Waals surface area contributed by atoms with E-state index in [0.717, 1.165) is 6.54 Å². The highest BCUT2D eigenvalue weighted by Crippen LogP contribution is 2.59. The zero-order valence-electron chi connectivity index (χ0n) is 10.0. The number of rotatable bonds is 2. The van der Waals surface area contributed by atoms with Gasteiger partial charge >= 0.3 is 0 Å². The lowest BCUT2D eigenvalue weighted by Gasteiger charge is -2.57. The van der Waals surface area contributed by atoms with Crippen LogP contribution in [0.5, 0.6) is 0 Å². The maximum absolute atomic E-state index is 6.58. The van der Waals surface area contributed by atoms with Crippen LogP contribution in [0.15, 0.2) is 0 Å². The van der Waals surface area contributed by atoms with E-state index in [1.165, 1.54) is 19.4 Å². The summed E-state index contributed by atoms with van der Waals surface area (Å²) in [7, 11) is 0. The lowest BCUT2D eigenvalue weighted by Crippen LogP contribution is -2.68. The highest BCUT2D eigenvalue weighted by Gasteiger charge is 2.65. The van der Waals surface area contributed by atoms with Gasteiger partial charge in [-0.15, -0.1) is 0 Å². The van der Waals surface area contributed by atoms with Gasteiger partial charge < -0.3 is 5.73 Å². The van der Waals surface area contributed by atoms with E-state index in [1.807, 2.05) is 0 Å². The Morgan fingerprint density at radius 1 is 1.43 bits per heavy atom. The second kappa shape index (κ2) is 2.96. The van der Waals surface area contributed by atoms with E-state index in [2.05, 4.69) is 32.6 Å². The Bertz CT molecular complexity index is 232. The maximum Gasteiger partial charge on any atom is 0.0379 e. The van der Waals surface area contributed by atoms with Crippen LogP contribution in [0.25, 0.3) is 0 Å². The number of nitrogens with zero attached hydrogens (tertiary/aromatic N) is 1. The molecular weight excluding hydrogens is 172 g/mol. The molecule has 0 radical (unpaired) electrons. The lowest BCUT2D eigenvalue weighted by molar-refractivity contribution is -0.0204. The number of nitrogens with two attached hydrogens (primary N) is 1. The van der Waals surface area contributed by atoms with Gasteiger partial charge in [-0.25, -0.2) is 0 Å². The molecule has 2 nitrogen and oxygen atoms in total. The average molecular weight is 196 g/mol. The summed E-state index contributed by atoms with van der Waals surface area (Å²) < 4.78 is 0. The van der Waals surface area contributed by atoms with Gasteiger partial charge in [-0.3, -0.25) is 4.90 Å². The van der Waals surface area contributed by atoms with Crippen LogP contribution in [0.1, 0.15) is 40.5 Å². The Morgan fingerprint density at radius 2 is 2.07 bits per heavy atom. The first-order valence-corrected chi connectivity index (χ1v) is 5.98. The van der Waals surface area contributed by atoms with Gasteiger partial charge in [-0.05, 0) is 32.6 Å². The molecule has 0 aromatic carbocycles. The molecule has 0 aromatic rings. The van der Waals surface area contributed by atoms with Crippen LogP contribution >= 0.6 is 0 Å². The number of likely N-dealkylation sites (tertiary alicyclic amines) is 1. The first-order valence-electron chi connectivity index (χ1n) is 5.98. The topological polar surface area (TPSA) is 29.3 Å². The quantitative estimate of drug-likeness (QED) is 0.730. The molecule has 0 aromatic heterocycles. The highest BCUT2D eigenvalue weighted by molar-refractivity contribution is 5.21. The highest BCUT2D eigenvalue weighted by atomic mass is 15.2. The molecule has 2 N–H and O–H groups in total. The molecule has 2 unspecified atom stereocenters. The van der Waals surface area contributed by atoms with Crippen molar-refractivity contribution in [3.05, 3.63) is 0 Å². The monoisotopic (exact) mass is 196 g/mol. The summed E-state index contributed by atoms with van der Waals surface area (Å²) >= 11 is 0. The molecule has 2 fully saturated rings. The van der Waals surface area contributed by atoms with E-state index in [9.17, 15) is 0 Å². The van der Waals surface area contributed by atoms with Gasteiger partial charge in [-0.1, -0.05) is 13.8 Å². The van der Waals surface area contributed by atoms with Crippen LogP contribution in [0.2, 0.25) is 0 Å². The van der Waals surface area contributed by atoms with Crippen LogP contribution in [0.3, 0.4) is 0 Å². The molecule has 3 atom stereocenters. The van der Waals surface area contributed by atoms with Crippen LogP contribution in [-0.2, 0) is 0 Å². The minimum atomic E-state index is 0.117. The molecule has 0 spiro atoms. The molecule has 82 valence electrons. The standard InChI is InChI=1S/C12H24N2/c1-5-11-6-10(4)12(11,13)8-14(7-11)9(2)3/h9-10H,5-8,13H2,1-4H3/t10?,11-,12?/m0/s1. The van der Waals surface area contributed by atoms with Crippen molar-refractivity contribution in [2.24, 2.45) is 17.1 Å². The summed E-state index contributed by atoms with van der Waals surface area (Å²) in [5.74, 6) is 0.714. The van der Waals surface area contributed by atoms with Crippen molar-refractivity contribution < 1.29 is 0 Å². The molecule has 1 saturated heterocycles. The molecule has 1 aliphatic carbocycles. The predicted octanol–water partition coefficient (Wildman–Crippen LogP) is 1.84. The third-order valence-corrected chi connectivity index (χ3v) is 4.94. The largest absolute Gasteiger partial charge is 0.323 e. The zero-order chi connectivity index (χ0) is 10.6. The van der Waals surface area contributed by atoms with Crippen molar-refractivity contribution in [3.8, 4) is 0 Å². The molecule has 1 heterocycles. The van der Waals surface area contributed by atoms with Crippen LogP contribution in [0.4, 0.5) is 0 Å². The van der Waals surface area contributed by atoms with E-state index in [1.54, 1.807) is 0 Å². The Morgan fingerprint density at radius 3 is 2.43 bits per heavy atom. The smallest absolute Gasteiger partial charge is 0.0379 e. The first-order chi connectivity index (χ1) is 6.45. The molecule has 2 aliphatic rings. The van der Waals surface area contributed by atoms with Crippen molar-refractivity contribution in [1.82, 2.24) is 4.90 Å². The maximum atomic E-state index is 6.58. The van der Waals surface area contributed by atoms with Gasteiger partial charge in [0.25, 0.3) is 0 Å². The minimum Gasteiger partial charge on any atom is -0.323 e. The van der Waals surface area contributed by atoms with Crippen LogP contribution in [-0.4, -0.2) is 29.6 Å². The lowest BCUT2D eigenvalue weighted by atomic mass is 9.50. The predicted molar refractivity (Wildman–Crippen MR) is 60.1 cm³/mol. The fourth-order valence-corrected chi connectivity index (χ4v) is 3.62. The number of fused-ring (bicyclic) bond motifs is 1. The van der Waals surface area contributed by atoms with E-state index in [-0.39, 0.29) is 5.54 Å². The SMILES string of the molecule is CC[C@@]12CC(C)C1(N)CN(C(C)C)C2. The third-order valence-electron chi connectivity index (χ3n) is 4.94. The average Bonchev–Trinajstić information content (AvgIpc) is 2.37. The summed E-state index contributed by atoms with van der Waals surface area (Å²) in [5, 5.41) is 0. The summed E-state index contributed by atoms with van der Waals surface area (Å²) in [6, 6.07) is 0.650. The van der Waals surface area contributed by atoms with Crippen LogP contribution < -0.4 is 5.73 Å². The fraction of sp³-hybridized carbons (Fsp3) is 1.00. The van der Waals surface area contributed by atoms with Gasteiger partial charge in [0, 0.05) is 30.1 Å². The van der Waals surface area contributed by atoms with E-state index >= 15 is 0 Å². The van der Waals surface area contributed by atoms with Crippen LogP contribution in [0, 0.1) is 11.3 Å². The van der Waals surface area contributed by atoms with E-state index in [0.29, 0.717) is 17.4 Å². The van der Waals surface area contributed by atoms with Crippen molar-refractivity contribution in [1.29, 1.82) is 0 Å². The number of hydrogen-bond donors (Lipinski definition) is 1. The van der Waals surface area contributed by atoms with E-state index in [4.69, 9.17) is 5.73 Å². The van der Waals surface area contributed by atoms with Crippen molar-refractivity contribution >= 4 is 0 Å². The molecule has 0 bridgehead atoms. The van der Waals surface area contributed by atoms with Gasteiger partial charge in [0.05, 0.1) is 0 Å². The molecule has 2 rings (SSSR count). The molecular formula is C12H24N2. The zero-order valence-corrected chi connectivity index (χ0v) is 10.0. The normalized spacial score (nSPS) is 48.0. The molecule has 1 saturated carbocycles. The van der Waals surface area contributed by atoms with Crippen molar-refractivity contribution in [2.75, 3.05) is 13.1 Å². The first kappa shape index (κ1) is 10.4. The second-order valence-corrected chi connectivity index (χ2v) is 5.78. The third kappa shape index (κ3) is 1.04. The Kier molecular flexibility index (Phi) is 2.20. The van der Waals surface area contributed by atoms with Gasteiger partial charge in [0.1, 0.15) is 0 Å². The van der Waals surface area contributed by atoms with Gasteiger partial charge in [0.15, 0.2) is 0 Å². The Labute approximate surface area is 87.8 Å². The van der Waals surface area contributed by atoms with Gasteiger partial charge in [-0.2, -0.15) is 0 Å². The Hall–Kier alpha value is -0.0800. The second-order valence-electron chi connectivity index (χ2n) is 5.78. The fourth-order valence-electron chi connectivity index (χ4n) is 3.62. The van der Waals surface area contributed by atoms with Gasteiger partial charge in [0.2, 0.25) is 0 Å². The van der Waals surface area contributed by atoms with E-state index < -0.39 is 0 Å². The molecule has 0 amide bonds. The Balaban J connectivity index is 2.20. The molecule has 1 aliphatic heterocycles. The summed E-state index contributed by atoms with van der Waals surface area (Å²) in [6.07, 6.45) is 2.58.